The first kappa shape index (κ1) is 28.7. The summed E-state index contributed by atoms with van der Waals surface area (Å²) >= 11 is 0. The molecule has 4 aliphatic heterocycles. The van der Waals surface area contributed by atoms with Gasteiger partial charge in [0.1, 0.15) is 6.61 Å². The molecule has 4 fully saturated rings. The van der Waals surface area contributed by atoms with Gasteiger partial charge in [-0.1, -0.05) is 68.1 Å². The van der Waals surface area contributed by atoms with Gasteiger partial charge in [-0.3, -0.25) is 14.6 Å². The number of hydrogen-bond acceptors (Lipinski definition) is 6. The molecule has 0 aromatic heterocycles. The lowest BCUT2D eigenvalue weighted by molar-refractivity contribution is -0.150. The van der Waals surface area contributed by atoms with Crippen LogP contribution in [0.4, 0.5) is 0 Å². The van der Waals surface area contributed by atoms with Gasteiger partial charge in [-0.25, -0.2) is 0 Å². The fraction of sp³-hybridized carbons (Fsp3) is 0.581. The molecular formula is C31H46N4O3. The van der Waals surface area contributed by atoms with Gasteiger partial charge in [-0.15, -0.1) is 0 Å². The minimum Gasteiger partial charge on any atom is -0.372 e. The van der Waals surface area contributed by atoms with E-state index in [4.69, 9.17) is 9.47 Å². The Morgan fingerprint density at radius 3 is 1.63 bits per heavy atom. The van der Waals surface area contributed by atoms with Crippen LogP contribution in [-0.2, 0) is 27.4 Å². The number of rotatable bonds is 4. The van der Waals surface area contributed by atoms with Gasteiger partial charge in [-0.2, -0.15) is 0 Å². The van der Waals surface area contributed by atoms with E-state index >= 15 is 0 Å². The Labute approximate surface area is 228 Å². The number of piperidine rings is 2. The molecule has 2 spiro atoms. The fourth-order valence-corrected chi connectivity index (χ4v) is 5.85. The van der Waals surface area contributed by atoms with Gasteiger partial charge in [-0.05, 0) is 36.8 Å². The molecule has 7 heteroatoms. The number of likely N-dealkylation sites (tertiary alicyclic amines) is 2. The van der Waals surface area contributed by atoms with E-state index in [-0.39, 0.29) is 31.1 Å². The van der Waals surface area contributed by atoms with E-state index in [1.165, 1.54) is 11.1 Å². The van der Waals surface area contributed by atoms with Crippen molar-refractivity contribution >= 4 is 5.91 Å². The third kappa shape index (κ3) is 7.87. The number of amides is 1. The second kappa shape index (κ2) is 13.7. The Kier molecular flexibility index (Phi) is 10.3. The molecule has 1 amide bonds. The van der Waals surface area contributed by atoms with Gasteiger partial charge in [0.2, 0.25) is 5.91 Å². The average molecular weight is 523 g/mol. The minimum absolute atomic E-state index is 0. The molecule has 0 aliphatic carbocycles. The van der Waals surface area contributed by atoms with Crippen LogP contribution in [0.2, 0.25) is 0 Å². The summed E-state index contributed by atoms with van der Waals surface area (Å²) in [5.74, 6) is 0.0114. The molecule has 0 unspecified atom stereocenters. The molecule has 4 aliphatic rings. The van der Waals surface area contributed by atoms with Crippen LogP contribution in [0.1, 0.15) is 44.2 Å². The maximum Gasteiger partial charge on any atom is 0.246 e. The van der Waals surface area contributed by atoms with Crippen molar-refractivity contribution in [1.82, 2.24) is 20.4 Å². The van der Waals surface area contributed by atoms with Crippen molar-refractivity contribution in [3.05, 3.63) is 71.8 Å². The number of nitrogens with zero attached hydrogens (tertiary/aromatic N) is 2. The minimum atomic E-state index is -0.110. The number of carbonyl (C=O) groups is 1. The van der Waals surface area contributed by atoms with Crippen LogP contribution in [0.15, 0.2) is 60.7 Å². The molecule has 2 N–H and O–H groups in total. The standard InChI is InChI=1S/C15H20N2O2.C15H22N2O.CH4/c18-14-11-19-15(12-16-14)6-8-17(9-7-15)10-13-4-2-1-3-5-13;1-2-4-14(5-3-1)12-17-9-6-15(7-10-17)13-16-8-11-18-15;/h1-5H,6-12H2,(H,16,18);1-5,16H,6-13H2;1H4. The lowest BCUT2D eigenvalue weighted by atomic mass is 9.90. The number of benzene rings is 2. The number of carbonyl (C=O) groups excluding carboxylic acids is 1. The Morgan fingerprint density at radius 1 is 0.711 bits per heavy atom. The summed E-state index contributed by atoms with van der Waals surface area (Å²) in [6.07, 6.45) is 4.32. The van der Waals surface area contributed by atoms with Gasteiger partial charge < -0.3 is 20.1 Å². The summed E-state index contributed by atoms with van der Waals surface area (Å²) in [6, 6.07) is 21.3. The molecule has 208 valence electrons. The molecule has 0 radical (unpaired) electrons. The van der Waals surface area contributed by atoms with Crippen LogP contribution >= 0.6 is 0 Å². The summed E-state index contributed by atoms with van der Waals surface area (Å²) in [7, 11) is 0. The summed E-state index contributed by atoms with van der Waals surface area (Å²) in [5, 5.41) is 6.39. The quantitative estimate of drug-likeness (QED) is 0.641. The molecule has 0 saturated carbocycles. The normalized spacial score (nSPS) is 23.1. The molecule has 2 aromatic rings. The van der Waals surface area contributed by atoms with Crippen molar-refractivity contribution in [1.29, 1.82) is 0 Å². The maximum atomic E-state index is 11.1. The summed E-state index contributed by atoms with van der Waals surface area (Å²) in [4.78, 5) is 16.1. The lowest BCUT2D eigenvalue weighted by Gasteiger charge is -2.44. The zero-order chi connectivity index (χ0) is 25.4. The van der Waals surface area contributed by atoms with Crippen molar-refractivity contribution in [2.45, 2.75) is 57.4 Å². The molecule has 38 heavy (non-hydrogen) atoms. The van der Waals surface area contributed by atoms with Crippen molar-refractivity contribution in [3.63, 3.8) is 0 Å². The topological polar surface area (TPSA) is 66.1 Å². The predicted molar refractivity (Wildman–Crippen MR) is 152 cm³/mol. The van der Waals surface area contributed by atoms with E-state index in [1.807, 2.05) is 6.07 Å². The largest absolute Gasteiger partial charge is 0.372 e. The van der Waals surface area contributed by atoms with Crippen LogP contribution in [0.25, 0.3) is 0 Å². The van der Waals surface area contributed by atoms with Gasteiger partial charge >= 0.3 is 0 Å². The highest BCUT2D eigenvalue weighted by atomic mass is 16.5. The van der Waals surface area contributed by atoms with Crippen LogP contribution < -0.4 is 10.6 Å². The van der Waals surface area contributed by atoms with E-state index in [0.29, 0.717) is 6.54 Å². The van der Waals surface area contributed by atoms with Crippen molar-refractivity contribution in [2.75, 3.05) is 59.0 Å². The van der Waals surface area contributed by atoms with Crippen LogP contribution in [0, 0.1) is 0 Å². The zero-order valence-electron chi connectivity index (χ0n) is 22.0. The Balaban J connectivity index is 0.000000173. The second-order valence-corrected chi connectivity index (χ2v) is 11.0. The molecule has 4 heterocycles. The number of hydrogen-bond donors (Lipinski definition) is 2. The van der Waals surface area contributed by atoms with E-state index in [9.17, 15) is 4.79 Å². The molecule has 4 saturated heterocycles. The first-order chi connectivity index (χ1) is 18.1. The first-order valence-corrected chi connectivity index (χ1v) is 13.9. The van der Waals surface area contributed by atoms with Gasteiger partial charge in [0.15, 0.2) is 0 Å². The highest BCUT2D eigenvalue weighted by Gasteiger charge is 2.39. The van der Waals surface area contributed by atoms with Gasteiger partial charge in [0, 0.05) is 58.9 Å². The predicted octanol–water partition coefficient (Wildman–Crippen LogP) is 3.44. The van der Waals surface area contributed by atoms with Gasteiger partial charge in [0.25, 0.3) is 0 Å². The summed E-state index contributed by atoms with van der Waals surface area (Å²) in [6.45, 7) is 10.3. The molecule has 6 rings (SSSR count). The molecule has 0 atom stereocenters. The second-order valence-electron chi connectivity index (χ2n) is 11.0. The Morgan fingerprint density at radius 2 is 1.21 bits per heavy atom. The average Bonchev–Trinajstić information content (AvgIpc) is 2.95. The van der Waals surface area contributed by atoms with E-state index in [0.717, 1.165) is 84.6 Å². The van der Waals surface area contributed by atoms with Crippen molar-refractivity contribution in [3.8, 4) is 0 Å². The SMILES string of the molecule is C.O=C1COC2(CCN(Cc3ccccc3)CC2)CN1.c1ccc(CN2CCC3(CC2)CNCCO3)cc1. The van der Waals surface area contributed by atoms with Crippen molar-refractivity contribution < 1.29 is 14.3 Å². The van der Waals surface area contributed by atoms with E-state index in [2.05, 4.69) is 75.0 Å². The maximum absolute atomic E-state index is 11.1. The van der Waals surface area contributed by atoms with E-state index < -0.39 is 0 Å². The highest BCUT2D eigenvalue weighted by Crippen LogP contribution is 2.29. The molecule has 7 nitrogen and oxygen atoms in total. The fourth-order valence-electron chi connectivity index (χ4n) is 5.85. The molecule has 2 aromatic carbocycles. The zero-order valence-corrected chi connectivity index (χ0v) is 22.0. The lowest BCUT2D eigenvalue weighted by Crippen LogP contribution is -2.57. The van der Waals surface area contributed by atoms with Crippen LogP contribution in [0.3, 0.4) is 0 Å². The molecular weight excluding hydrogens is 476 g/mol. The van der Waals surface area contributed by atoms with Crippen molar-refractivity contribution in [2.24, 2.45) is 0 Å². The first-order valence-electron chi connectivity index (χ1n) is 13.9. The summed E-state index contributed by atoms with van der Waals surface area (Å²) < 4.78 is 11.8. The van der Waals surface area contributed by atoms with Crippen LogP contribution in [0.5, 0.6) is 0 Å². The highest BCUT2D eigenvalue weighted by molar-refractivity contribution is 5.78. The number of morpholine rings is 2. The monoisotopic (exact) mass is 522 g/mol. The number of ether oxygens (including phenoxy) is 2. The Hall–Kier alpha value is -2.29. The van der Waals surface area contributed by atoms with E-state index in [1.54, 1.807) is 0 Å². The summed E-state index contributed by atoms with van der Waals surface area (Å²) in [5.41, 5.74) is 2.79. The number of nitrogens with one attached hydrogen (secondary N) is 2. The Bertz CT molecular complexity index is 951. The third-order valence-corrected chi connectivity index (χ3v) is 8.28. The molecule has 0 bridgehead atoms. The smallest absolute Gasteiger partial charge is 0.246 e. The third-order valence-electron chi connectivity index (χ3n) is 8.28. The van der Waals surface area contributed by atoms with Crippen LogP contribution in [-0.4, -0.2) is 85.9 Å². The van der Waals surface area contributed by atoms with Gasteiger partial charge in [0.05, 0.1) is 17.8 Å².